The predicted molar refractivity (Wildman–Crippen MR) is 108 cm³/mol. The van der Waals surface area contributed by atoms with Gasteiger partial charge >= 0.3 is 0 Å². The Kier molecular flexibility index (Phi) is 12.1. The number of unbranched alkanes of at least 4 members (excludes halogenated alkanes) is 8. The highest BCUT2D eigenvalue weighted by Crippen LogP contribution is 2.34. The Labute approximate surface area is 155 Å². The highest BCUT2D eigenvalue weighted by atomic mass is 16.5. The van der Waals surface area contributed by atoms with Crippen LogP contribution in [0.1, 0.15) is 113 Å². The summed E-state index contributed by atoms with van der Waals surface area (Å²) in [5, 5.41) is 0. The van der Waals surface area contributed by atoms with Crippen LogP contribution in [0, 0.1) is 0 Å². The largest absolute Gasteiger partial charge is 0.496 e. The van der Waals surface area contributed by atoms with Crippen LogP contribution in [0.25, 0.3) is 0 Å². The lowest BCUT2D eigenvalue weighted by molar-refractivity contribution is 0.111. The molecule has 25 heavy (non-hydrogen) atoms. The highest BCUT2D eigenvalue weighted by Gasteiger charge is 2.17. The number of carbonyl (C=O) groups is 1. The fourth-order valence-electron chi connectivity index (χ4n) is 3.67. The lowest BCUT2D eigenvalue weighted by Gasteiger charge is -2.20. The monoisotopic (exact) mass is 346 g/mol. The fourth-order valence-corrected chi connectivity index (χ4v) is 3.67. The number of ether oxygens (including phenoxy) is 1. The van der Waals surface area contributed by atoms with Crippen molar-refractivity contribution >= 4 is 6.29 Å². The molecule has 0 bridgehead atoms. The molecule has 0 aliphatic heterocycles. The predicted octanol–water partition coefficient (Wildman–Crippen LogP) is 7.31. The topological polar surface area (TPSA) is 26.3 Å². The van der Waals surface area contributed by atoms with Crippen LogP contribution in [0.3, 0.4) is 0 Å². The van der Waals surface area contributed by atoms with Crippen molar-refractivity contribution in [2.75, 3.05) is 7.11 Å². The number of hydrogen-bond acceptors (Lipinski definition) is 2. The van der Waals surface area contributed by atoms with Gasteiger partial charge in [-0.3, -0.25) is 4.79 Å². The maximum absolute atomic E-state index is 11.7. The van der Waals surface area contributed by atoms with Gasteiger partial charge in [0.25, 0.3) is 0 Å². The lowest BCUT2D eigenvalue weighted by atomic mass is 9.85. The molecule has 0 aromatic heterocycles. The smallest absolute Gasteiger partial charge is 0.154 e. The van der Waals surface area contributed by atoms with Gasteiger partial charge in [0.15, 0.2) is 6.29 Å². The molecule has 0 atom stereocenters. The van der Waals surface area contributed by atoms with Gasteiger partial charge in [-0.2, -0.15) is 0 Å². The third kappa shape index (κ3) is 8.07. The Morgan fingerprint density at radius 3 is 1.92 bits per heavy atom. The van der Waals surface area contributed by atoms with E-state index in [-0.39, 0.29) is 0 Å². The molecule has 0 unspecified atom stereocenters. The zero-order valence-corrected chi connectivity index (χ0v) is 16.7. The van der Waals surface area contributed by atoms with Crippen molar-refractivity contribution in [1.82, 2.24) is 0 Å². The van der Waals surface area contributed by atoms with Crippen molar-refractivity contribution < 1.29 is 9.53 Å². The lowest BCUT2D eigenvalue weighted by Crippen LogP contribution is -2.05. The Hall–Kier alpha value is -1.31. The number of rotatable bonds is 15. The Bertz CT molecular complexity index is 453. The Balaban J connectivity index is 2.73. The molecule has 0 heterocycles. The third-order valence-corrected chi connectivity index (χ3v) is 5.19. The first-order valence-electron chi connectivity index (χ1n) is 10.4. The number of methoxy groups -OCH3 is 1. The average molecular weight is 347 g/mol. The summed E-state index contributed by atoms with van der Waals surface area (Å²) in [4.78, 5) is 11.7. The summed E-state index contributed by atoms with van der Waals surface area (Å²) in [6.07, 6.45) is 16.4. The first-order valence-corrected chi connectivity index (χ1v) is 10.4. The van der Waals surface area contributed by atoms with Crippen molar-refractivity contribution in [3.63, 3.8) is 0 Å². The molecule has 0 aliphatic carbocycles. The van der Waals surface area contributed by atoms with Crippen LogP contribution in [0.5, 0.6) is 5.75 Å². The van der Waals surface area contributed by atoms with Gasteiger partial charge in [0.1, 0.15) is 5.75 Å². The second kappa shape index (κ2) is 13.9. The van der Waals surface area contributed by atoms with Crippen molar-refractivity contribution in [1.29, 1.82) is 0 Å². The molecular formula is C23H38O2. The molecule has 0 fully saturated rings. The Morgan fingerprint density at radius 1 is 0.880 bits per heavy atom. The van der Waals surface area contributed by atoms with Gasteiger partial charge in [0, 0.05) is 0 Å². The minimum atomic E-state index is 0.485. The molecule has 1 rings (SSSR count). The fraction of sp³-hybridized carbons (Fsp3) is 0.696. The van der Waals surface area contributed by atoms with E-state index >= 15 is 0 Å². The summed E-state index contributed by atoms with van der Waals surface area (Å²) in [5.41, 5.74) is 1.96. The molecule has 142 valence electrons. The number of benzene rings is 1. The van der Waals surface area contributed by atoms with Gasteiger partial charge in [-0.05, 0) is 30.4 Å². The van der Waals surface area contributed by atoms with E-state index in [1.807, 2.05) is 12.1 Å². The molecule has 0 saturated heterocycles. The molecule has 2 heteroatoms. The summed E-state index contributed by atoms with van der Waals surface area (Å²) in [6.45, 7) is 4.51. The van der Waals surface area contributed by atoms with Crippen molar-refractivity contribution in [3.05, 3.63) is 29.3 Å². The molecule has 0 N–H and O–H groups in total. The van der Waals surface area contributed by atoms with Gasteiger partial charge in [0.05, 0.1) is 12.7 Å². The molecule has 0 radical (unpaired) electrons. The summed E-state index contributed by atoms with van der Waals surface area (Å²) >= 11 is 0. The highest BCUT2D eigenvalue weighted by molar-refractivity contribution is 5.82. The number of hydrogen-bond donors (Lipinski definition) is 0. The zero-order chi connectivity index (χ0) is 18.3. The van der Waals surface area contributed by atoms with Crippen LogP contribution >= 0.6 is 0 Å². The minimum absolute atomic E-state index is 0.485. The van der Waals surface area contributed by atoms with E-state index in [1.165, 1.54) is 82.6 Å². The van der Waals surface area contributed by atoms with Gasteiger partial charge < -0.3 is 4.74 Å². The first-order chi connectivity index (χ1) is 12.3. The molecule has 1 aromatic rings. The van der Waals surface area contributed by atoms with Gasteiger partial charge in [0.2, 0.25) is 0 Å². The third-order valence-electron chi connectivity index (χ3n) is 5.19. The van der Waals surface area contributed by atoms with Crippen LogP contribution in [0.15, 0.2) is 18.2 Å². The van der Waals surface area contributed by atoms with Crippen LogP contribution in [0.4, 0.5) is 0 Å². The van der Waals surface area contributed by atoms with E-state index in [1.54, 1.807) is 7.11 Å². The maximum atomic E-state index is 11.7. The van der Waals surface area contributed by atoms with E-state index in [9.17, 15) is 4.79 Å². The summed E-state index contributed by atoms with van der Waals surface area (Å²) in [5.74, 6) is 1.20. The number of carbonyl (C=O) groups excluding carboxylic acids is 1. The molecule has 0 amide bonds. The van der Waals surface area contributed by atoms with Crippen molar-refractivity contribution in [2.24, 2.45) is 0 Å². The minimum Gasteiger partial charge on any atom is -0.496 e. The van der Waals surface area contributed by atoms with E-state index in [2.05, 4.69) is 19.9 Å². The summed E-state index contributed by atoms with van der Waals surface area (Å²) in [7, 11) is 1.65. The molecule has 0 saturated carbocycles. The van der Waals surface area contributed by atoms with Crippen molar-refractivity contribution in [3.8, 4) is 5.75 Å². The molecule has 0 spiro atoms. The van der Waals surface area contributed by atoms with Crippen LogP contribution in [-0.2, 0) is 0 Å². The number of aldehydes is 1. The molecule has 2 nitrogen and oxygen atoms in total. The van der Waals surface area contributed by atoms with E-state index in [0.717, 1.165) is 17.6 Å². The van der Waals surface area contributed by atoms with Gasteiger partial charge in [-0.25, -0.2) is 0 Å². The van der Waals surface area contributed by atoms with E-state index in [0.29, 0.717) is 5.92 Å². The Morgan fingerprint density at radius 2 is 1.44 bits per heavy atom. The van der Waals surface area contributed by atoms with Gasteiger partial charge in [-0.15, -0.1) is 0 Å². The molecule has 1 aromatic carbocycles. The standard InChI is InChI=1S/C23H38O2/c1-4-6-8-10-12-15-20(16-13-11-9-7-5-2)21-17-14-18-23(25-3)22(21)19-24/h14,17-20H,4-13,15-16H2,1-3H3. The van der Waals surface area contributed by atoms with Crippen LogP contribution in [0.2, 0.25) is 0 Å². The maximum Gasteiger partial charge on any atom is 0.154 e. The SMILES string of the molecule is CCCCCCCC(CCCCCCC)c1cccc(OC)c1C=O. The summed E-state index contributed by atoms with van der Waals surface area (Å²) < 4.78 is 5.41. The zero-order valence-electron chi connectivity index (χ0n) is 16.7. The summed E-state index contributed by atoms with van der Waals surface area (Å²) in [6, 6.07) is 6.06. The second-order valence-corrected chi connectivity index (χ2v) is 7.18. The normalized spacial score (nSPS) is 11.0. The second-order valence-electron chi connectivity index (χ2n) is 7.18. The van der Waals surface area contributed by atoms with E-state index in [4.69, 9.17) is 4.74 Å². The van der Waals surface area contributed by atoms with Crippen molar-refractivity contribution in [2.45, 2.75) is 96.8 Å². The first kappa shape index (κ1) is 21.7. The van der Waals surface area contributed by atoms with Crippen LogP contribution in [-0.4, -0.2) is 13.4 Å². The van der Waals surface area contributed by atoms with Gasteiger partial charge in [-0.1, -0.05) is 90.2 Å². The average Bonchev–Trinajstić information content (AvgIpc) is 2.65. The van der Waals surface area contributed by atoms with Crippen LogP contribution < -0.4 is 4.74 Å². The quantitative estimate of drug-likeness (QED) is 0.246. The van der Waals surface area contributed by atoms with E-state index < -0.39 is 0 Å². The molecular weight excluding hydrogens is 308 g/mol. The molecule has 0 aliphatic rings.